The number of aromatic amines is 1. The summed E-state index contributed by atoms with van der Waals surface area (Å²) in [6.07, 6.45) is 2.09. The number of nitrogens with one attached hydrogen (secondary N) is 4. The number of hydrogen-bond donors (Lipinski definition) is 8. The average Bonchev–Trinajstić information content (AvgIpc) is 3.31. The van der Waals surface area contributed by atoms with E-state index in [9.17, 15) is 34.2 Å². The van der Waals surface area contributed by atoms with Crippen LogP contribution < -0.4 is 27.4 Å². The lowest BCUT2D eigenvalue weighted by Crippen LogP contribution is -2.58. The molecule has 0 spiro atoms. The first-order chi connectivity index (χ1) is 17.0. The number of nitrogens with two attached hydrogens (primary N) is 2. The normalized spacial score (nSPS) is 14.1. The Balaban J connectivity index is 2.28. The molecule has 4 unspecified atom stereocenters. The number of carboxylic acid groups (broad SMARTS) is 1. The Hall–Kier alpha value is -4.46. The number of aliphatic carboxylic acids is 1. The maximum absolute atomic E-state index is 13.2. The van der Waals surface area contributed by atoms with Gasteiger partial charge in [0.25, 0.3) is 0 Å². The fraction of sp³-hybridized carbons (Fsp3) is 0.364. The summed E-state index contributed by atoms with van der Waals surface area (Å²) < 4.78 is 0. The van der Waals surface area contributed by atoms with E-state index in [1.165, 1.54) is 43.7 Å². The molecule has 0 saturated carbocycles. The summed E-state index contributed by atoms with van der Waals surface area (Å²) >= 11 is 0. The Bertz CT molecular complexity index is 1070. The number of carboxylic acids is 1. The van der Waals surface area contributed by atoms with Crippen LogP contribution in [0, 0.1) is 0 Å². The van der Waals surface area contributed by atoms with Gasteiger partial charge >= 0.3 is 5.97 Å². The Kier molecular flexibility index (Phi) is 9.92. The van der Waals surface area contributed by atoms with Gasteiger partial charge in [0.2, 0.25) is 23.6 Å². The first-order valence-corrected chi connectivity index (χ1v) is 10.9. The lowest BCUT2D eigenvalue weighted by molar-refractivity contribution is -0.143. The second-order valence-corrected chi connectivity index (χ2v) is 8.13. The van der Waals surface area contributed by atoms with Crippen LogP contribution in [0.5, 0.6) is 5.75 Å². The highest BCUT2D eigenvalue weighted by atomic mass is 16.4. The van der Waals surface area contributed by atoms with Crippen LogP contribution >= 0.6 is 0 Å². The first-order valence-electron chi connectivity index (χ1n) is 10.9. The number of rotatable bonds is 13. The van der Waals surface area contributed by atoms with E-state index in [4.69, 9.17) is 11.5 Å². The summed E-state index contributed by atoms with van der Waals surface area (Å²) in [7, 11) is 0. The molecule has 0 fully saturated rings. The molecular weight excluding hydrogens is 474 g/mol. The molecule has 0 aliphatic heterocycles. The van der Waals surface area contributed by atoms with Crippen LogP contribution in [0.15, 0.2) is 36.8 Å². The Labute approximate surface area is 205 Å². The van der Waals surface area contributed by atoms with Crippen molar-refractivity contribution >= 4 is 29.6 Å². The molecule has 4 amide bonds. The SMILES string of the molecule is CC(N)C(=O)NC(Cc1cnc[nH]1)C(=O)NC(Cc1ccc(O)cc1)C(=O)NC(CC(N)=O)C(=O)O. The molecule has 2 aromatic rings. The number of hydrogen-bond acceptors (Lipinski definition) is 8. The van der Waals surface area contributed by atoms with Crippen molar-refractivity contribution in [2.45, 2.75) is 50.4 Å². The van der Waals surface area contributed by atoms with Crippen LogP contribution in [-0.4, -0.2) is 73.9 Å². The minimum absolute atomic E-state index is 0.00271. The standard InChI is InChI=1S/C22H29N7O7/c1-11(23)19(32)27-16(7-13-9-25-10-26-13)21(34)28-15(6-12-2-4-14(30)5-3-12)20(33)29-17(22(35)36)8-18(24)31/h2-5,9-11,15-17,30H,6-8,23H2,1H3,(H2,24,31)(H,25,26)(H,27,32)(H,28,34)(H,29,33)(H,35,36). The van der Waals surface area contributed by atoms with Gasteiger partial charge in [-0.3, -0.25) is 19.2 Å². The summed E-state index contributed by atoms with van der Waals surface area (Å²) in [5.74, 6) is -4.71. The van der Waals surface area contributed by atoms with Gasteiger partial charge in [-0.05, 0) is 24.6 Å². The number of carbonyl (C=O) groups is 5. The number of phenolic OH excluding ortho intramolecular Hbond substituents is 1. The molecule has 1 aromatic heterocycles. The Morgan fingerprint density at radius 2 is 1.50 bits per heavy atom. The highest BCUT2D eigenvalue weighted by molar-refractivity contribution is 5.95. The van der Waals surface area contributed by atoms with Crippen LogP contribution in [0.1, 0.15) is 24.6 Å². The summed E-state index contributed by atoms with van der Waals surface area (Å²) in [6.45, 7) is 1.44. The summed E-state index contributed by atoms with van der Waals surface area (Å²) in [6, 6.07) is 0.788. The third-order valence-corrected chi connectivity index (χ3v) is 5.05. The molecule has 14 nitrogen and oxygen atoms in total. The molecular formula is C22H29N7O7. The molecule has 194 valence electrons. The fourth-order valence-electron chi connectivity index (χ4n) is 3.15. The minimum Gasteiger partial charge on any atom is -0.508 e. The Morgan fingerprint density at radius 1 is 0.944 bits per heavy atom. The molecule has 1 heterocycles. The third-order valence-electron chi connectivity index (χ3n) is 5.05. The van der Waals surface area contributed by atoms with Crippen LogP contribution in [0.4, 0.5) is 0 Å². The van der Waals surface area contributed by atoms with E-state index < -0.39 is 60.2 Å². The van der Waals surface area contributed by atoms with E-state index in [0.717, 1.165) is 0 Å². The average molecular weight is 504 g/mol. The molecule has 1 aromatic carbocycles. The van der Waals surface area contributed by atoms with E-state index in [2.05, 4.69) is 25.9 Å². The predicted octanol–water partition coefficient (Wildman–Crippen LogP) is -2.34. The van der Waals surface area contributed by atoms with Gasteiger partial charge in [-0.1, -0.05) is 12.1 Å². The smallest absolute Gasteiger partial charge is 0.326 e. The molecule has 4 atom stereocenters. The van der Waals surface area contributed by atoms with Gasteiger partial charge in [-0.15, -0.1) is 0 Å². The molecule has 0 saturated heterocycles. The summed E-state index contributed by atoms with van der Waals surface area (Å²) in [5, 5.41) is 26.1. The maximum atomic E-state index is 13.2. The minimum atomic E-state index is -1.62. The van der Waals surface area contributed by atoms with Crippen LogP contribution in [0.2, 0.25) is 0 Å². The van der Waals surface area contributed by atoms with Crippen LogP contribution in [-0.2, 0) is 36.8 Å². The van der Waals surface area contributed by atoms with Gasteiger partial charge in [-0.25, -0.2) is 9.78 Å². The van der Waals surface area contributed by atoms with Gasteiger partial charge in [0.15, 0.2) is 0 Å². The molecule has 0 bridgehead atoms. The van der Waals surface area contributed by atoms with Crippen molar-refractivity contribution in [2.24, 2.45) is 11.5 Å². The molecule has 0 radical (unpaired) electrons. The zero-order valence-corrected chi connectivity index (χ0v) is 19.4. The topological polar surface area (TPSA) is 243 Å². The second-order valence-electron chi connectivity index (χ2n) is 8.13. The predicted molar refractivity (Wildman–Crippen MR) is 125 cm³/mol. The number of nitrogens with zero attached hydrogens (tertiary/aromatic N) is 1. The molecule has 14 heteroatoms. The van der Waals surface area contributed by atoms with Crippen molar-refractivity contribution in [3.05, 3.63) is 48.0 Å². The zero-order valence-electron chi connectivity index (χ0n) is 19.4. The highest BCUT2D eigenvalue weighted by Gasteiger charge is 2.31. The van der Waals surface area contributed by atoms with Crippen molar-refractivity contribution < 1.29 is 34.2 Å². The number of phenols is 1. The van der Waals surface area contributed by atoms with Crippen molar-refractivity contribution in [1.29, 1.82) is 0 Å². The van der Waals surface area contributed by atoms with Gasteiger partial charge in [0, 0.05) is 24.7 Å². The Morgan fingerprint density at radius 3 is 2.00 bits per heavy atom. The number of aromatic nitrogens is 2. The van der Waals surface area contributed by atoms with Gasteiger partial charge in [-0.2, -0.15) is 0 Å². The number of benzene rings is 1. The van der Waals surface area contributed by atoms with E-state index in [1.54, 1.807) is 0 Å². The monoisotopic (exact) mass is 503 g/mol. The van der Waals surface area contributed by atoms with Crippen molar-refractivity contribution in [1.82, 2.24) is 25.9 Å². The number of primary amides is 1. The number of aromatic hydroxyl groups is 1. The highest BCUT2D eigenvalue weighted by Crippen LogP contribution is 2.12. The van der Waals surface area contributed by atoms with Crippen LogP contribution in [0.25, 0.3) is 0 Å². The lowest BCUT2D eigenvalue weighted by Gasteiger charge is -2.25. The molecule has 2 rings (SSSR count). The first kappa shape index (κ1) is 27.8. The fourth-order valence-corrected chi connectivity index (χ4v) is 3.15. The number of carbonyl (C=O) groups excluding carboxylic acids is 4. The van der Waals surface area contributed by atoms with Crippen molar-refractivity contribution in [3.63, 3.8) is 0 Å². The van der Waals surface area contributed by atoms with E-state index in [0.29, 0.717) is 11.3 Å². The molecule has 36 heavy (non-hydrogen) atoms. The lowest BCUT2D eigenvalue weighted by atomic mass is 10.0. The molecule has 0 aliphatic rings. The summed E-state index contributed by atoms with van der Waals surface area (Å²) in [4.78, 5) is 67.8. The maximum Gasteiger partial charge on any atom is 0.326 e. The van der Waals surface area contributed by atoms with Crippen molar-refractivity contribution in [2.75, 3.05) is 0 Å². The molecule has 10 N–H and O–H groups in total. The number of amides is 4. The van der Waals surface area contributed by atoms with Gasteiger partial charge in [0.1, 0.15) is 23.9 Å². The quantitative estimate of drug-likeness (QED) is 0.146. The second kappa shape index (κ2) is 12.9. The van der Waals surface area contributed by atoms with Gasteiger partial charge < -0.3 is 42.6 Å². The van der Waals surface area contributed by atoms with Crippen molar-refractivity contribution in [3.8, 4) is 5.75 Å². The van der Waals surface area contributed by atoms with Crippen LogP contribution in [0.3, 0.4) is 0 Å². The number of imidazole rings is 1. The zero-order chi connectivity index (χ0) is 26.8. The van der Waals surface area contributed by atoms with E-state index in [1.807, 2.05) is 0 Å². The van der Waals surface area contributed by atoms with Gasteiger partial charge in [0.05, 0.1) is 18.8 Å². The number of H-pyrrole nitrogens is 1. The largest absolute Gasteiger partial charge is 0.508 e. The summed E-state index contributed by atoms with van der Waals surface area (Å²) in [5.41, 5.74) is 11.7. The van der Waals surface area contributed by atoms with E-state index >= 15 is 0 Å². The third kappa shape index (κ3) is 8.72. The van der Waals surface area contributed by atoms with E-state index in [-0.39, 0.29) is 18.6 Å². The molecule has 0 aliphatic carbocycles.